The summed E-state index contributed by atoms with van der Waals surface area (Å²) < 4.78 is 0. The highest BCUT2D eigenvalue weighted by Crippen LogP contribution is 2.38. The van der Waals surface area contributed by atoms with Gasteiger partial charge in [-0.05, 0) is 78.4 Å². The molecule has 34 heavy (non-hydrogen) atoms. The van der Waals surface area contributed by atoms with E-state index in [1.807, 2.05) is 24.3 Å². The quantitative estimate of drug-likeness (QED) is 0.250. The molecule has 5 rings (SSSR count). The van der Waals surface area contributed by atoms with Gasteiger partial charge in [-0.3, -0.25) is 0 Å². The summed E-state index contributed by atoms with van der Waals surface area (Å²) in [6.07, 6.45) is 1.87. The number of para-hydroxylation sites is 3. The Kier molecular flexibility index (Phi) is 6.22. The lowest BCUT2D eigenvalue weighted by Gasteiger charge is -2.28. The smallest absolute Gasteiger partial charge is 0.0463 e. The summed E-state index contributed by atoms with van der Waals surface area (Å²) in [7, 11) is 0. The third-order valence-electron chi connectivity index (χ3n) is 5.80. The number of hydrogen-bond acceptors (Lipinski definition) is 2. The highest BCUT2D eigenvalue weighted by atomic mass is 15.2. The Morgan fingerprint density at radius 2 is 0.618 bits per heavy atom. The highest BCUT2D eigenvalue weighted by molar-refractivity contribution is 5.81. The molecule has 0 saturated heterocycles. The first-order chi connectivity index (χ1) is 16.8. The topological polar surface area (TPSA) is 6.48 Å². The van der Waals surface area contributed by atoms with E-state index >= 15 is 0 Å². The maximum Gasteiger partial charge on any atom is 0.0463 e. The summed E-state index contributed by atoms with van der Waals surface area (Å²) in [4.78, 5) is 4.54. The molecule has 0 amide bonds. The molecule has 0 aliphatic heterocycles. The van der Waals surface area contributed by atoms with Crippen LogP contribution in [0.5, 0.6) is 0 Å². The number of nitrogens with zero attached hydrogens (tertiary/aromatic N) is 2. The predicted octanol–water partition coefficient (Wildman–Crippen LogP) is 9.27. The minimum absolute atomic E-state index is 1.10. The van der Waals surface area contributed by atoms with Crippen LogP contribution in [-0.2, 0) is 0 Å². The number of benzene rings is 5. The zero-order valence-corrected chi connectivity index (χ0v) is 19.0. The first-order valence-corrected chi connectivity index (χ1v) is 11.4. The molecule has 0 radical (unpaired) electrons. The van der Waals surface area contributed by atoms with E-state index in [4.69, 9.17) is 0 Å². The van der Waals surface area contributed by atoms with E-state index in [-0.39, 0.29) is 0 Å². The van der Waals surface area contributed by atoms with Crippen molar-refractivity contribution in [2.45, 2.75) is 0 Å². The van der Waals surface area contributed by atoms with Crippen LogP contribution in [0.2, 0.25) is 0 Å². The van der Waals surface area contributed by atoms with Crippen LogP contribution in [-0.4, -0.2) is 0 Å². The van der Waals surface area contributed by atoms with Gasteiger partial charge in [0.25, 0.3) is 0 Å². The van der Waals surface area contributed by atoms with Gasteiger partial charge in [0.1, 0.15) is 0 Å². The van der Waals surface area contributed by atoms with E-state index in [2.05, 4.69) is 138 Å². The number of hydrogen-bond donors (Lipinski definition) is 0. The second kappa shape index (κ2) is 9.93. The van der Waals surface area contributed by atoms with E-state index in [1.54, 1.807) is 0 Å². The molecule has 0 aromatic heterocycles. The lowest BCUT2D eigenvalue weighted by atomic mass is 10.1. The van der Waals surface area contributed by atoms with Crippen LogP contribution in [0.1, 0.15) is 5.56 Å². The molecule has 2 heteroatoms. The lowest BCUT2D eigenvalue weighted by molar-refractivity contribution is 1.25. The van der Waals surface area contributed by atoms with Crippen LogP contribution in [0.3, 0.4) is 0 Å². The van der Waals surface area contributed by atoms with Gasteiger partial charge < -0.3 is 9.80 Å². The normalized spacial score (nSPS) is 10.5. The van der Waals surface area contributed by atoms with Crippen LogP contribution in [0.4, 0.5) is 34.1 Å². The average molecular weight is 439 g/mol. The first kappa shape index (κ1) is 21.3. The molecular weight excluding hydrogens is 412 g/mol. The molecule has 5 aromatic rings. The van der Waals surface area contributed by atoms with Crippen molar-refractivity contribution in [3.63, 3.8) is 0 Å². The predicted molar refractivity (Wildman–Crippen MR) is 146 cm³/mol. The average Bonchev–Trinajstić information content (AvgIpc) is 2.92. The van der Waals surface area contributed by atoms with E-state index in [9.17, 15) is 0 Å². The molecule has 0 atom stereocenters. The second-order valence-corrected chi connectivity index (χ2v) is 7.99. The van der Waals surface area contributed by atoms with Gasteiger partial charge in [0.05, 0.1) is 0 Å². The van der Waals surface area contributed by atoms with Gasteiger partial charge in [-0.2, -0.15) is 0 Å². The van der Waals surface area contributed by atoms with Crippen molar-refractivity contribution in [2.75, 3.05) is 9.80 Å². The highest BCUT2D eigenvalue weighted by Gasteiger charge is 2.15. The maximum absolute atomic E-state index is 3.88. The third-order valence-corrected chi connectivity index (χ3v) is 5.80. The van der Waals surface area contributed by atoms with Crippen molar-refractivity contribution < 1.29 is 0 Å². The van der Waals surface area contributed by atoms with Gasteiger partial charge in [-0.15, -0.1) is 0 Å². The van der Waals surface area contributed by atoms with Gasteiger partial charge in [0.2, 0.25) is 0 Å². The Hall–Kier alpha value is -4.56. The summed E-state index contributed by atoms with van der Waals surface area (Å²) in [6.45, 7) is 3.88. The fourth-order valence-electron chi connectivity index (χ4n) is 4.14. The lowest BCUT2D eigenvalue weighted by Crippen LogP contribution is -2.12. The van der Waals surface area contributed by atoms with Crippen molar-refractivity contribution >= 4 is 40.2 Å². The molecule has 2 nitrogen and oxygen atoms in total. The minimum atomic E-state index is 1.10. The largest absolute Gasteiger partial charge is 0.311 e. The molecule has 0 saturated carbocycles. The van der Waals surface area contributed by atoms with Crippen molar-refractivity contribution in [2.24, 2.45) is 0 Å². The number of rotatable bonds is 7. The summed E-state index contributed by atoms with van der Waals surface area (Å²) in [5, 5.41) is 0. The van der Waals surface area contributed by atoms with E-state index in [0.29, 0.717) is 0 Å². The third kappa shape index (κ3) is 4.48. The van der Waals surface area contributed by atoms with E-state index in [0.717, 1.165) is 39.7 Å². The standard InChI is InChI=1S/C32H26N2/c1-2-26-18-20-30(21-19-26)34(29-16-10-5-11-17-29)32-24-22-31(23-25-32)33(27-12-6-3-7-13-27)28-14-8-4-9-15-28/h2-25H,1H2. The Bertz CT molecular complexity index is 1290. The Morgan fingerprint density at radius 3 is 0.912 bits per heavy atom. The van der Waals surface area contributed by atoms with Crippen LogP contribution in [0.25, 0.3) is 6.08 Å². The molecule has 0 heterocycles. The SMILES string of the molecule is C=Cc1ccc(N(c2ccccc2)c2ccc(N(c3ccccc3)c3ccccc3)cc2)cc1. The van der Waals surface area contributed by atoms with Crippen molar-refractivity contribution in [1.29, 1.82) is 0 Å². The zero-order valence-electron chi connectivity index (χ0n) is 19.0. The maximum atomic E-state index is 3.88. The van der Waals surface area contributed by atoms with Crippen molar-refractivity contribution in [3.05, 3.63) is 152 Å². The van der Waals surface area contributed by atoms with E-state index in [1.165, 1.54) is 0 Å². The molecule has 0 aliphatic carbocycles. The monoisotopic (exact) mass is 438 g/mol. The summed E-state index contributed by atoms with van der Waals surface area (Å²) >= 11 is 0. The van der Waals surface area contributed by atoms with Gasteiger partial charge in [0.15, 0.2) is 0 Å². The van der Waals surface area contributed by atoms with Crippen LogP contribution in [0.15, 0.2) is 146 Å². The fraction of sp³-hybridized carbons (Fsp3) is 0. The summed E-state index contributed by atoms with van der Waals surface area (Å²) in [5.41, 5.74) is 7.78. The molecule has 0 aliphatic rings. The van der Waals surface area contributed by atoms with Crippen LogP contribution in [0, 0.1) is 0 Å². The molecule has 164 valence electrons. The Labute approximate surface area is 201 Å². The van der Waals surface area contributed by atoms with Crippen LogP contribution < -0.4 is 9.80 Å². The Balaban J connectivity index is 1.56. The Morgan fingerprint density at radius 1 is 0.353 bits per heavy atom. The molecule has 0 fully saturated rings. The van der Waals surface area contributed by atoms with Crippen molar-refractivity contribution in [3.8, 4) is 0 Å². The van der Waals surface area contributed by atoms with Crippen LogP contribution >= 0.6 is 0 Å². The van der Waals surface area contributed by atoms with Gasteiger partial charge in [-0.25, -0.2) is 0 Å². The van der Waals surface area contributed by atoms with Gasteiger partial charge >= 0.3 is 0 Å². The molecular formula is C32H26N2. The zero-order chi connectivity index (χ0) is 23.2. The number of anilines is 6. The summed E-state index contributed by atoms with van der Waals surface area (Å²) in [6, 6.07) is 48.6. The fourth-order valence-corrected chi connectivity index (χ4v) is 4.14. The molecule has 0 bridgehead atoms. The van der Waals surface area contributed by atoms with Gasteiger partial charge in [-0.1, -0.05) is 79.4 Å². The minimum Gasteiger partial charge on any atom is -0.311 e. The molecule has 0 spiro atoms. The van der Waals surface area contributed by atoms with E-state index < -0.39 is 0 Å². The second-order valence-electron chi connectivity index (χ2n) is 7.99. The molecule has 0 N–H and O–H groups in total. The molecule has 0 unspecified atom stereocenters. The molecule has 5 aromatic carbocycles. The summed E-state index contributed by atoms with van der Waals surface area (Å²) in [5.74, 6) is 0. The van der Waals surface area contributed by atoms with Gasteiger partial charge in [0, 0.05) is 34.1 Å². The van der Waals surface area contributed by atoms with Crippen molar-refractivity contribution in [1.82, 2.24) is 0 Å². The first-order valence-electron chi connectivity index (χ1n) is 11.4.